The highest BCUT2D eigenvalue weighted by molar-refractivity contribution is 14.3. The standard InChI is InChI=1S/C9H10O2.CHI3/c1-7-3-5-9(6-4-7)11-8(2)10;2-1(3)4/h3-6H,1-2H3;1H. The number of rotatable bonds is 1. The van der Waals surface area contributed by atoms with Gasteiger partial charge in [0.05, 0.1) is 0 Å². The van der Waals surface area contributed by atoms with Gasteiger partial charge in [0, 0.05) is 6.92 Å². The predicted octanol–water partition coefficient (Wildman–Crippen LogP) is 4.50. The van der Waals surface area contributed by atoms with Gasteiger partial charge in [0.15, 0.2) is 0 Å². The lowest BCUT2D eigenvalue weighted by molar-refractivity contribution is -0.131. The van der Waals surface area contributed by atoms with Gasteiger partial charge >= 0.3 is 5.97 Å². The third kappa shape index (κ3) is 11.1. The Morgan fingerprint density at radius 3 is 1.93 bits per heavy atom. The molecule has 0 atom stereocenters. The number of carbonyl (C=O) groups excluding carboxylic acids is 1. The average Bonchev–Trinajstić information content (AvgIpc) is 2.07. The van der Waals surface area contributed by atoms with Crippen molar-refractivity contribution in [2.45, 2.75) is 13.8 Å². The zero-order valence-corrected chi connectivity index (χ0v) is 14.8. The molecule has 15 heavy (non-hydrogen) atoms. The maximum atomic E-state index is 10.5. The van der Waals surface area contributed by atoms with E-state index in [-0.39, 0.29) is 5.97 Å². The Morgan fingerprint density at radius 1 is 1.20 bits per heavy atom. The molecule has 0 saturated heterocycles. The quantitative estimate of drug-likeness (QED) is 0.226. The van der Waals surface area contributed by atoms with Gasteiger partial charge in [0.25, 0.3) is 0 Å². The lowest BCUT2D eigenvalue weighted by Gasteiger charge is -1.99. The van der Waals surface area contributed by atoms with E-state index in [4.69, 9.17) is 4.74 Å². The van der Waals surface area contributed by atoms with Crippen molar-refractivity contribution in [2.24, 2.45) is 0 Å². The molecule has 0 unspecified atom stereocenters. The van der Waals surface area contributed by atoms with E-state index in [1.165, 1.54) is 6.92 Å². The number of hydrogen-bond acceptors (Lipinski definition) is 2. The number of carbonyl (C=O) groups is 1. The zero-order valence-electron chi connectivity index (χ0n) is 8.34. The Balaban J connectivity index is 0.000000423. The van der Waals surface area contributed by atoms with E-state index in [0.717, 1.165) is 5.50 Å². The van der Waals surface area contributed by atoms with Crippen molar-refractivity contribution in [3.05, 3.63) is 29.8 Å². The summed E-state index contributed by atoms with van der Waals surface area (Å²) in [5.74, 6) is 0.317. The minimum atomic E-state index is -0.283. The summed E-state index contributed by atoms with van der Waals surface area (Å²) in [5, 5.41) is 0. The van der Waals surface area contributed by atoms with E-state index >= 15 is 0 Å². The first-order valence-electron chi connectivity index (χ1n) is 4.09. The van der Waals surface area contributed by atoms with Crippen LogP contribution in [0.2, 0.25) is 0 Å². The van der Waals surface area contributed by atoms with Gasteiger partial charge in [-0.25, -0.2) is 0 Å². The molecular weight excluding hydrogens is 533 g/mol. The highest BCUT2D eigenvalue weighted by Crippen LogP contribution is 2.16. The maximum Gasteiger partial charge on any atom is 0.308 e. The van der Waals surface area contributed by atoms with E-state index in [2.05, 4.69) is 67.8 Å². The van der Waals surface area contributed by atoms with Gasteiger partial charge in [0.1, 0.15) is 5.69 Å². The van der Waals surface area contributed by atoms with Crippen molar-refractivity contribution in [3.63, 3.8) is 0 Å². The van der Waals surface area contributed by atoms with Crippen LogP contribution >= 0.6 is 67.8 Å². The van der Waals surface area contributed by atoms with Crippen LogP contribution in [0.5, 0.6) is 5.75 Å². The van der Waals surface area contributed by atoms with Crippen molar-refractivity contribution in [2.75, 3.05) is 0 Å². The lowest BCUT2D eigenvalue weighted by atomic mass is 10.2. The lowest BCUT2D eigenvalue weighted by Crippen LogP contribution is -2.00. The normalized spacial score (nSPS) is 9.20. The van der Waals surface area contributed by atoms with Gasteiger partial charge in [-0.2, -0.15) is 0 Å². The molecule has 0 heterocycles. The molecular formula is C10H11I3O2. The second-order valence-corrected chi connectivity index (χ2v) is 13.5. The van der Waals surface area contributed by atoms with Crippen LogP contribution in [0.15, 0.2) is 24.3 Å². The molecule has 0 aromatic heterocycles. The van der Waals surface area contributed by atoms with Crippen molar-refractivity contribution >= 4 is 73.7 Å². The Morgan fingerprint density at radius 2 is 1.60 bits per heavy atom. The molecule has 0 aliphatic carbocycles. The molecule has 1 rings (SSSR count). The Kier molecular flexibility index (Phi) is 9.49. The molecule has 0 spiro atoms. The third-order valence-electron chi connectivity index (χ3n) is 1.28. The van der Waals surface area contributed by atoms with Crippen LogP contribution in [0.1, 0.15) is 12.5 Å². The molecule has 2 nitrogen and oxygen atoms in total. The molecule has 0 saturated carbocycles. The fourth-order valence-corrected chi connectivity index (χ4v) is 0.772. The second-order valence-electron chi connectivity index (χ2n) is 2.65. The van der Waals surface area contributed by atoms with E-state index in [1.54, 1.807) is 12.1 Å². The SMILES string of the molecule is CC(=O)Oc1ccc(C)cc1.IC(I)I. The minimum absolute atomic E-state index is 0.283. The van der Waals surface area contributed by atoms with E-state index < -0.39 is 0 Å². The predicted molar refractivity (Wildman–Crippen MR) is 88.3 cm³/mol. The summed E-state index contributed by atoms with van der Waals surface area (Å²) in [6.45, 7) is 3.37. The zero-order chi connectivity index (χ0) is 11.8. The topological polar surface area (TPSA) is 26.3 Å². The van der Waals surface area contributed by atoms with E-state index in [9.17, 15) is 4.79 Å². The first-order chi connectivity index (χ1) is 6.91. The van der Waals surface area contributed by atoms with Gasteiger partial charge in [0.2, 0.25) is 0 Å². The molecule has 0 amide bonds. The molecule has 0 radical (unpaired) electrons. The molecule has 0 bridgehead atoms. The molecule has 0 fully saturated rings. The molecule has 1 aromatic rings. The highest BCUT2D eigenvalue weighted by atomic mass is 127. The summed E-state index contributed by atoms with van der Waals surface area (Å²) >= 11 is 6.95. The van der Waals surface area contributed by atoms with Gasteiger partial charge in [-0.15, -0.1) is 0 Å². The van der Waals surface area contributed by atoms with Gasteiger partial charge in [-0.3, -0.25) is 4.79 Å². The first-order valence-corrected chi connectivity index (χ1v) is 7.83. The van der Waals surface area contributed by atoms with Crippen molar-refractivity contribution in [1.82, 2.24) is 0 Å². The van der Waals surface area contributed by atoms with Crippen LogP contribution in [0.3, 0.4) is 0 Å². The summed E-state index contributed by atoms with van der Waals surface area (Å²) in [4.78, 5) is 10.5. The molecule has 0 aliphatic heterocycles. The Bertz CT molecular complexity index is 293. The van der Waals surface area contributed by atoms with Gasteiger partial charge < -0.3 is 4.74 Å². The maximum absolute atomic E-state index is 10.5. The van der Waals surface area contributed by atoms with E-state index in [0.29, 0.717) is 5.75 Å². The number of alkyl halides is 3. The van der Waals surface area contributed by atoms with E-state index in [1.807, 2.05) is 19.1 Å². The molecule has 5 heteroatoms. The van der Waals surface area contributed by atoms with Gasteiger partial charge in [-0.05, 0) is 19.1 Å². The second kappa shape index (κ2) is 8.97. The summed E-state index contributed by atoms with van der Waals surface area (Å²) in [6, 6.07) is 7.35. The van der Waals surface area contributed by atoms with Crippen LogP contribution in [-0.2, 0) is 4.79 Å². The number of aryl methyl sites for hydroxylation is 1. The number of esters is 1. The summed E-state index contributed by atoms with van der Waals surface area (Å²) < 4.78 is 5.57. The Labute approximate surface area is 131 Å². The number of hydrogen-bond donors (Lipinski definition) is 0. The monoisotopic (exact) mass is 544 g/mol. The van der Waals surface area contributed by atoms with Crippen LogP contribution in [0, 0.1) is 6.92 Å². The summed E-state index contributed by atoms with van der Waals surface area (Å²) in [6.07, 6.45) is 0. The fraction of sp³-hybridized carbons (Fsp3) is 0.300. The number of benzene rings is 1. The number of halogens is 3. The fourth-order valence-electron chi connectivity index (χ4n) is 0.772. The molecule has 0 aliphatic rings. The van der Waals surface area contributed by atoms with Crippen molar-refractivity contribution in [3.8, 4) is 5.75 Å². The molecule has 0 N–H and O–H groups in total. The minimum Gasteiger partial charge on any atom is -0.427 e. The molecule has 84 valence electrons. The van der Waals surface area contributed by atoms with Crippen LogP contribution in [0.25, 0.3) is 0 Å². The average molecular weight is 544 g/mol. The first kappa shape index (κ1) is 15.9. The summed E-state index contributed by atoms with van der Waals surface area (Å²) in [7, 11) is 0. The van der Waals surface area contributed by atoms with Crippen LogP contribution in [0.4, 0.5) is 0 Å². The third-order valence-corrected chi connectivity index (χ3v) is 1.28. The number of ether oxygens (including phenoxy) is 1. The van der Waals surface area contributed by atoms with Gasteiger partial charge in [-0.1, -0.05) is 85.5 Å². The van der Waals surface area contributed by atoms with Crippen molar-refractivity contribution < 1.29 is 9.53 Å². The molecule has 1 aromatic carbocycles. The smallest absolute Gasteiger partial charge is 0.308 e. The van der Waals surface area contributed by atoms with Crippen LogP contribution < -0.4 is 4.74 Å². The van der Waals surface area contributed by atoms with Crippen molar-refractivity contribution in [1.29, 1.82) is 0 Å². The highest BCUT2D eigenvalue weighted by Gasteiger charge is 1.94. The Hall–Kier alpha value is 0.880. The largest absolute Gasteiger partial charge is 0.427 e. The summed E-state index contributed by atoms with van der Waals surface area (Å²) in [5.41, 5.74) is 1.15. The van der Waals surface area contributed by atoms with Crippen LogP contribution in [-0.4, -0.2) is 5.91 Å².